The second kappa shape index (κ2) is 7.98. The first kappa shape index (κ1) is 17.2. The number of carbonyl (C=O) groups excluding carboxylic acids is 1. The van der Waals surface area contributed by atoms with Gasteiger partial charge in [-0.1, -0.05) is 12.1 Å². The summed E-state index contributed by atoms with van der Waals surface area (Å²) < 4.78 is 0. The molecule has 6 heteroatoms. The molecule has 1 amide bonds. The van der Waals surface area contributed by atoms with Crippen molar-refractivity contribution < 1.29 is 4.79 Å². The number of benzene rings is 1. The molecule has 2 aromatic rings. The Morgan fingerprint density at radius 3 is 2.80 bits per heavy atom. The summed E-state index contributed by atoms with van der Waals surface area (Å²) in [4.78, 5) is 17.7. The molecule has 25 heavy (non-hydrogen) atoms. The number of aromatic nitrogens is 1. The van der Waals surface area contributed by atoms with E-state index in [1.54, 1.807) is 12.4 Å². The Kier molecular flexibility index (Phi) is 5.50. The number of amides is 1. The van der Waals surface area contributed by atoms with Gasteiger partial charge in [-0.15, -0.1) is 0 Å². The van der Waals surface area contributed by atoms with Gasteiger partial charge in [0.15, 0.2) is 0 Å². The van der Waals surface area contributed by atoms with Gasteiger partial charge in [0.05, 0.1) is 17.8 Å². The van der Waals surface area contributed by atoms with Crippen LogP contribution < -0.4 is 16.8 Å². The number of piperidine rings is 1. The van der Waals surface area contributed by atoms with E-state index in [1.165, 1.54) is 5.56 Å². The molecule has 0 saturated carbocycles. The van der Waals surface area contributed by atoms with Crippen LogP contribution in [-0.4, -0.2) is 28.9 Å². The molecule has 1 saturated heterocycles. The number of nitrogens with two attached hydrogens (primary N) is 2. The fraction of sp³-hybridized carbons (Fsp3) is 0.368. The molecule has 1 aliphatic rings. The third-order valence-electron chi connectivity index (χ3n) is 4.70. The summed E-state index contributed by atoms with van der Waals surface area (Å²) in [5, 5.41) is 3.37. The molecule has 3 rings (SSSR count). The number of likely N-dealkylation sites (tertiary alicyclic amines) is 1. The van der Waals surface area contributed by atoms with Crippen molar-refractivity contribution in [2.75, 3.05) is 24.1 Å². The average Bonchev–Trinajstić information content (AvgIpc) is 2.62. The zero-order valence-electron chi connectivity index (χ0n) is 14.3. The van der Waals surface area contributed by atoms with Crippen molar-refractivity contribution >= 4 is 17.3 Å². The van der Waals surface area contributed by atoms with E-state index in [0.717, 1.165) is 43.7 Å². The number of hydrogen-bond donors (Lipinski definition) is 3. The highest BCUT2D eigenvalue weighted by Gasteiger charge is 2.23. The Hall–Kier alpha value is -2.60. The summed E-state index contributed by atoms with van der Waals surface area (Å²) in [6.07, 6.45) is 5.35. The Balaban J connectivity index is 1.53. The number of anilines is 2. The fourth-order valence-electron chi connectivity index (χ4n) is 3.21. The quantitative estimate of drug-likeness (QED) is 0.747. The van der Waals surface area contributed by atoms with Gasteiger partial charge in [-0.2, -0.15) is 0 Å². The van der Waals surface area contributed by atoms with Crippen molar-refractivity contribution in [2.24, 2.45) is 11.7 Å². The number of rotatable bonds is 6. The van der Waals surface area contributed by atoms with Crippen molar-refractivity contribution in [3.8, 4) is 0 Å². The summed E-state index contributed by atoms with van der Waals surface area (Å²) in [6.45, 7) is 3.29. The van der Waals surface area contributed by atoms with Gasteiger partial charge in [-0.3, -0.25) is 14.7 Å². The lowest BCUT2D eigenvalue weighted by Crippen LogP contribution is -2.40. The molecule has 6 nitrogen and oxygen atoms in total. The number of pyridine rings is 1. The summed E-state index contributed by atoms with van der Waals surface area (Å²) >= 11 is 0. The van der Waals surface area contributed by atoms with E-state index in [0.29, 0.717) is 12.2 Å². The maximum atomic E-state index is 11.4. The first-order chi connectivity index (χ1) is 12.1. The third kappa shape index (κ3) is 4.70. The molecular formula is C19H25N5O. The van der Waals surface area contributed by atoms with Gasteiger partial charge in [0, 0.05) is 31.5 Å². The van der Waals surface area contributed by atoms with Crippen molar-refractivity contribution in [3.05, 3.63) is 53.9 Å². The lowest BCUT2D eigenvalue weighted by Gasteiger charge is -2.31. The van der Waals surface area contributed by atoms with Crippen LogP contribution in [0, 0.1) is 5.92 Å². The van der Waals surface area contributed by atoms with Crippen molar-refractivity contribution in [1.29, 1.82) is 0 Å². The fourth-order valence-corrected chi connectivity index (χ4v) is 3.21. The SMILES string of the molecule is NC(=O)C1CCCN(Cc2ccc(NCc3ccncc3N)cc2)C1. The molecule has 0 aliphatic carbocycles. The second-order valence-corrected chi connectivity index (χ2v) is 6.60. The molecule has 1 atom stereocenters. The predicted octanol–water partition coefficient (Wildman–Crippen LogP) is 1.97. The van der Waals surface area contributed by atoms with Crippen LogP contribution >= 0.6 is 0 Å². The van der Waals surface area contributed by atoms with Gasteiger partial charge < -0.3 is 16.8 Å². The highest BCUT2D eigenvalue weighted by atomic mass is 16.1. The molecule has 1 unspecified atom stereocenters. The number of nitrogens with zero attached hydrogens (tertiary/aromatic N) is 2. The zero-order chi connectivity index (χ0) is 17.6. The third-order valence-corrected chi connectivity index (χ3v) is 4.70. The van der Waals surface area contributed by atoms with Gasteiger partial charge >= 0.3 is 0 Å². The molecule has 0 radical (unpaired) electrons. The van der Waals surface area contributed by atoms with E-state index in [-0.39, 0.29) is 11.8 Å². The highest BCUT2D eigenvalue weighted by Crippen LogP contribution is 2.19. The van der Waals surface area contributed by atoms with Crippen LogP contribution in [0.15, 0.2) is 42.7 Å². The van der Waals surface area contributed by atoms with Crippen LogP contribution in [0.25, 0.3) is 0 Å². The first-order valence-electron chi connectivity index (χ1n) is 8.64. The summed E-state index contributed by atoms with van der Waals surface area (Å²) in [6, 6.07) is 10.3. The summed E-state index contributed by atoms with van der Waals surface area (Å²) in [5.74, 6) is -0.194. The number of nitrogen functional groups attached to an aromatic ring is 1. The van der Waals surface area contributed by atoms with Crippen molar-refractivity contribution in [1.82, 2.24) is 9.88 Å². The molecule has 132 valence electrons. The Morgan fingerprint density at radius 1 is 1.28 bits per heavy atom. The van der Waals surface area contributed by atoms with Crippen LogP contribution in [0.3, 0.4) is 0 Å². The Bertz CT molecular complexity index is 716. The van der Waals surface area contributed by atoms with Crippen LogP contribution in [0.5, 0.6) is 0 Å². The molecule has 0 bridgehead atoms. The van der Waals surface area contributed by atoms with E-state index < -0.39 is 0 Å². The first-order valence-corrected chi connectivity index (χ1v) is 8.64. The summed E-state index contributed by atoms with van der Waals surface area (Å²) in [7, 11) is 0. The summed E-state index contributed by atoms with van der Waals surface area (Å²) in [5.41, 5.74) is 15.4. The number of primary amides is 1. The van der Waals surface area contributed by atoms with Crippen LogP contribution in [0.4, 0.5) is 11.4 Å². The second-order valence-electron chi connectivity index (χ2n) is 6.60. The maximum Gasteiger partial charge on any atom is 0.221 e. The molecule has 2 heterocycles. The maximum absolute atomic E-state index is 11.4. The number of hydrogen-bond acceptors (Lipinski definition) is 5. The normalized spacial score (nSPS) is 18.0. The van der Waals surface area contributed by atoms with Gasteiger partial charge in [0.25, 0.3) is 0 Å². The van der Waals surface area contributed by atoms with Crippen molar-refractivity contribution in [3.63, 3.8) is 0 Å². The van der Waals surface area contributed by atoms with Gasteiger partial charge in [-0.25, -0.2) is 0 Å². The molecule has 1 aromatic carbocycles. The smallest absolute Gasteiger partial charge is 0.221 e. The van der Waals surface area contributed by atoms with E-state index in [4.69, 9.17) is 11.5 Å². The molecule has 1 aliphatic heterocycles. The average molecular weight is 339 g/mol. The van der Waals surface area contributed by atoms with Gasteiger partial charge in [0.1, 0.15) is 0 Å². The monoisotopic (exact) mass is 339 g/mol. The van der Waals surface area contributed by atoms with E-state index in [1.807, 2.05) is 6.07 Å². The van der Waals surface area contributed by atoms with Gasteiger partial charge in [0.2, 0.25) is 5.91 Å². The highest BCUT2D eigenvalue weighted by molar-refractivity contribution is 5.76. The number of nitrogens with one attached hydrogen (secondary N) is 1. The van der Waals surface area contributed by atoms with Crippen LogP contribution in [0.1, 0.15) is 24.0 Å². The largest absolute Gasteiger partial charge is 0.397 e. The minimum absolute atomic E-state index is 0.0134. The predicted molar refractivity (Wildman–Crippen MR) is 99.6 cm³/mol. The molecule has 0 spiro atoms. The van der Waals surface area contributed by atoms with Crippen molar-refractivity contribution in [2.45, 2.75) is 25.9 Å². The standard InChI is InChI=1S/C19H25N5O/c20-18-11-22-8-7-15(18)10-23-17-5-3-14(4-6-17)12-24-9-1-2-16(13-24)19(21)25/h3-8,11,16,23H,1-2,9-10,12-13,20H2,(H2,21,25). The lowest BCUT2D eigenvalue weighted by atomic mass is 9.97. The lowest BCUT2D eigenvalue weighted by molar-refractivity contribution is -0.123. The Labute approximate surface area is 148 Å². The Morgan fingerprint density at radius 2 is 2.08 bits per heavy atom. The topological polar surface area (TPSA) is 97.3 Å². The molecular weight excluding hydrogens is 314 g/mol. The van der Waals surface area contributed by atoms with Crippen LogP contribution in [-0.2, 0) is 17.9 Å². The molecule has 1 aromatic heterocycles. The minimum Gasteiger partial charge on any atom is -0.397 e. The minimum atomic E-state index is -0.181. The van der Waals surface area contributed by atoms with E-state index in [9.17, 15) is 4.79 Å². The van der Waals surface area contributed by atoms with E-state index in [2.05, 4.69) is 39.5 Å². The van der Waals surface area contributed by atoms with Crippen LogP contribution in [0.2, 0.25) is 0 Å². The van der Waals surface area contributed by atoms with E-state index >= 15 is 0 Å². The number of carbonyl (C=O) groups is 1. The van der Waals surface area contributed by atoms with Gasteiger partial charge in [-0.05, 0) is 48.7 Å². The molecule has 1 fully saturated rings. The zero-order valence-corrected chi connectivity index (χ0v) is 14.3. The molecule has 5 N–H and O–H groups in total.